The second-order valence-electron chi connectivity index (χ2n) is 8.35. The molecule has 0 atom stereocenters. The van der Waals surface area contributed by atoms with Crippen LogP contribution in [0.5, 0.6) is 0 Å². The van der Waals surface area contributed by atoms with E-state index < -0.39 is 0 Å². The molecule has 1 aliphatic heterocycles. The molecule has 3 fully saturated rings. The summed E-state index contributed by atoms with van der Waals surface area (Å²) < 4.78 is 0. The number of aryl methyl sites for hydroxylation is 1. The molecule has 2 amide bonds. The van der Waals surface area contributed by atoms with Crippen LogP contribution in [-0.2, 0) is 4.79 Å². The highest BCUT2D eigenvalue weighted by Crippen LogP contribution is 2.41. The molecule has 1 heterocycles. The Kier molecular flexibility index (Phi) is 4.30. The number of nitrogens with zero attached hydrogens (tertiary/aromatic N) is 1. The van der Waals surface area contributed by atoms with Crippen molar-refractivity contribution < 1.29 is 9.59 Å². The lowest BCUT2D eigenvalue weighted by Gasteiger charge is -2.43. The molecule has 25 heavy (non-hydrogen) atoms. The Labute approximate surface area is 150 Å². The molecule has 4 rings (SSSR count). The van der Waals surface area contributed by atoms with E-state index in [2.05, 4.69) is 5.32 Å². The molecule has 3 aliphatic rings. The number of benzene rings is 1. The molecule has 0 unspecified atom stereocenters. The first-order valence-electron chi connectivity index (χ1n) is 9.73. The average Bonchev–Trinajstić information content (AvgIpc) is 3.48. The van der Waals surface area contributed by atoms with Gasteiger partial charge in [-0.15, -0.1) is 0 Å². The van der Waals surface area contributed by atoms with Gasteiger partial charge in [-0.25, -0.2) is 0 Å². The van der Waals surface area contributed by atoms with Crippen molar-refractivity contribution in [2.75, 3.05) is 13.1 Å². The van der Waals surface area contributed by atoms with Crippen molar-refractivity contribution >= 4 is 11.8 Å². The molecule has 134 valence electrons. The summed E-state index contributed by atoms with van der Waals surface area (Å²) in [7, 11) is 0. The lowest BCUT2D eigenvalue weighted by Crippen LogP contribution is -2.56. The zero-order valence-electron chi connectivity index (χ0n) is 15.1. The van der Waals surface area contributed by atoms with Crippen molar-refractivity contribution in [1.29, 1.82) is 0 Å². The summed E-state index contributed by atoms with van der Waals surface area (Å²) >= 11 is 0. The van der Waals surface area contributed by atoms with E-state index in [1.165, 1.54) is 12.8 Å². The van der Waals surface area contributed by atoms with Gasteiger partial charge in [0.05, 0.1) is 0 Å². The number of amides is 2. The van der Waals surface area contributed by atoms with Crippen LogP contribution in [0.1, 0.15) is 60.9 Å². The van der Waals surface area contributed by atoms with Crippen molar-refractivity contribution in [3.05, 3.63) is 35.4 Å². The molecule has 0 spiro atoms. The van der Waals surface area contributed by atoms with Crippen LogP contribution in [-0.4, -0.2) is 35.3 Å². The number of carbonyl (C=O) groups excluding carboxylic acids is 2. The molecule has 2 saturated carbocycles. The number of likely N-dealkylation sites (tertiary alicyclic amines) is 1. The molecule has 1 N–H and O–H groups in total. The summed E-state index contributed by atoms with van der Waals surface area (Å²) in [5, 5.41) is 3.40. The lowest BCUT2D eigenvalue weighted by molar-refractivity contribution is -0.125. The van der Waals surface area contributed by atoms with E-state index in [4.69, 9.17) is 0 Å². The van der Waals surface area contributed by atoms with Crippen LogP contribution in [0.25, 0.3) is 0 Å². The van der Waals surface area contributed by atoms with Gasteiger partial charge in [0, 0.05) is 30.1 Å². The minimum Gasteiger partial charge on any atom is -0.350 e. The van der Waals surface area contributed by atoms with E-state index in [1.54, 1.807) is 0 Å². The van der Waals surface area contributed by atoms with Crippen molar-refractivity contribution in [2.24, 2.45) is 11.8 Å². The van der Waals surface area contributed by atoms with E-state index in [9.17, 15) is 9.59 Å². The van der Waals surface area contributed by atoms with E-state index in [-0.39, 0.29) is 23.3 Å². The minimum atomic E-state index is -0.0791. The van der Waals surface area contributed by atoms with Gasteiger partial charge in [-0.3, -0.25) is 9.59 Å². The highest BCUT2D eigenvalue weighted by Gasteiger charge is 2.43. The molecule has 1 aromatic carbocycles. The van der Waals surface area contributed by atoms with Crippen molar-refractivity contribution in [3.63, 3.8) is 0 Å². The smallest absolute Gasteiger partial charge is 0.253 e. The van der Waals surface area contributed by atoms with Crippen LogP contribution in [0.3, 0.4) is 0 Å². The molecule has 1 aromatic rings. The molecule has 1 saturated heterocycles. The van der Waals surface area contributed by atoms with Crippen molar-refractivity contribution in [1.82, 2.24) is 10.2 Å². The maximum absolute atomic E-state index is 12.8. The molecular weight excluding hydrogens is 312 g/mol. The fourth-order valence-electron chi connectivity index (χ4n) is 4.06. The lowest BCUT2D eigenvalue weighted by atomic mass is 9.82. The quantitative estimate of drug-likeness (QED) is 0.894. The van der Waals surface area contributed by atoms with Gasteiger partial charge in [-0.1, -0.05) is 30.5 Å². The Bertz CT molecular complexity index is 668. The first kappa shape index (κ1) is 16.6. The van der Waals surface area contributed by atoms with E-state index >= 15 is 0 Å². The number of hydrogen-bond donors (Lipinski definition) is 1. The number of rotatable bonds is 5. The van der Waals surface area contributed by atoms with E-state index in [0.29, 0.717) is 0 Å². The third kappa shape index (κ3) is 3.88. The van der Waals surface area contributed by atoms with Crippen molar-refractivity contribution in [2.45, 2.75) is 57.4 Å². The third-order valence-corrected chi connectivity index (χ3v) is 5.99. The Hall–Kier alpha value is -1.84. The zero-order chi connectivity index (χ0) is 17.4. The van der Waals surface area contributed by atoms with Gasteiger partial charge in [0.15, 0.2) is 0 Å². The maximum atomic E-state index is 12.8. The molecule has 0 radical (unpaired) electrons. The highest BCUT2D eigenvalue weighted by molar-refractivity contribution is 5.94. The topological polar surface area (TPSA) is 49.4 Å². The second-order valence-corrected chi connectivity index (χ2v) is 8.35. The van der Waals surface area contributed by atoms with Gasteiger partial charge in [0.25, 0.3) is 5.91 Å². The van der Waals surface area contributed by atoms with Crippen molar-refractivity contribution in [3.8, 4) is 0 Å². The fraction of sp³-hybridized carbons (Fsp3) is 0.619. The van der Waals surface area contributed by atoms with E-state index in [1.807, 2.05) is 36.1 Å². The predicted octanol–water partition coefficient (Wildman–Crippen LogP) is 3.30. The van der Waals surface area contributed by atoms with Gasteiger partial charge in [0.2, 0.25) is 5.91 Å². The van der Waals surface area contributed by atoms with Crippen LogP contribution in [0.2, 0.25) is 0 Å². The minimum absolute atomic E-state index is 0.0791. The van der Waals surface area contributed by atoms with Crippen LogP contribution in [0.4, 0.5) is 0 Å². The predicted molar refractivity (Wildman–Crippen MR) is 97.3 cm³/mol. The summed E-state index contributed by atoms with van der Waals surface area (Å²) in [6.07, 6.45) is 7.56. The largest absolute Gasteiger partial charge is 0.350 e. The number of nitrogens with one attached hydrogen (secondary N) is 1. The standard InChI is InChI=1S/C21H28N2O2/c1-15-3-2-4-18(13-15)20(25)23-11-9-21(10-12-23,14-16-5-6-16)22-19(24)17-7-8-17/h2-4,13,16-17H,5-12,14H2,1H3,(H,22,24). The zero-order valence-corrected chi connectivity index (χ0v) is 15.1. The van der Waals surface area contributed by atoms with E-state index in [0.717, 1.165) is 62.2 Å². The first-order chi connectivity index (χ1) is 12.0. The summed E-state index contributed by atoms with van der Waals surface area (Å²) in [4.78, 5) is 27.1. The molecular formula is C21H28N2O2. The molecule has 0 bridgehead atoms. The Balaban J connectivity index is 1.41. The van der Waals surface area contributed by atoms with Crippen LogP contribution in [0.15, 0.2) is 24.3 Å². The Morgan fingerprint density at radius 1 is 1.16 bits per heavy atom. The number of carbonyl (C=O) groups is 2. The third-order valence-electron chi connectivity index (χ3n) is 5.99. The Morgan fingerprint density at radius 2 is 1.88 bits per heavy atom. The Morgan fingerprint density at radius 3 is 2.48 bits per heavy atom. The molecule has 4 nitrogen and oxygen atoms in total. The normalized spacial score (nSPS) is 22.5. The second kappa shape index (κ2) is 6.47. The summed E-state index contributed by atoms with van der Waals surface area (Å²) in [5.41, 5.74) is 1.81. The van der Waals surface area contributed by atoms with Gasteiger partial charge >= 0.3 is 0 Å². The highest BCUT2D eigenvalue weighted by atomic mass is 16.2. The maximum Gasteiger partial charge on any atom is 0.253 e. The van der Waals surface area contributed by atoms with Gasteiger partial charge in [-0.05, 0) is 57.1 Å². The summed E-state index contributed by atoms with van der Waals surface area (Å²) in [6.45, 7) is 3.50. The monoisotopic (exact) mass is 340 g/mol. The van der Waals surface area contributed by atoms with Gasteiger partial charge in [0.1, 0.15) is 0 Å². The first-order valence-corrected chi connectivity index (χ1v) is 9.73. The van der Waals surface area contributed by atoms with Gasteiger partial charge < -0.3 is 10.2 Å². The fourth-order valence-corrected chi connectivity index (χ4v) is 4.06. The van der Waals surface area contributed by atoms with Crippen LogP contribution in [0, 0.1) is 18.8 Å². The summed E-state index contributed by atoms with van der Waals surface area (Å²) in [5.74, 6) is 1.40. The average molecular weight is 340 g/mol. The van der Waals surface area contributed by atoms with Gasteiger partial charge in [-0.2, -0.15) is 0 Å². The molecule has 2 aliphatic carbocycles. The van der Waals surface area contributed by atoms with Crippen LogP contribution < -0.4 is 5.32 Å². The number of hydrogen-bond acceptors (Lipinski definition) is 2. The summed E-state index contributed by atoms with van der Waals surface area (Å²) in [6, 6.07) is 7.82. The SMILES string of the molecule is Cc1cccc(C(=O)N2CCC(CC3CC3)(NC(=O)C3CC3)CC2)c1. The molecule has 4 heteroatoms. The van der Waals surface area contributed by atoms with Crippen LogP contribution >= 0.6 is 0 Å². The molecule has 0 aromatic heterocycles. The number of piperidine rings is 1.